The topological polar surface area (TPSA) is 81.0 Å². The Morgan fingerprint density at radius 3 is 2.83 bits per heavy atom. The number of ether oxygens (including phenoxy) is 2. The van der Waals surface area contributed by atoms with Gasteiger partial charge in [-0.2, -0.15) is 0 Å². The van der Waals surface area contributed by atoms with Gasteiger partial charge in [0.05, 0.1) is 18.2 Å². The Kier molecular flexibility index (Phi) is 6.61. The van der Waals surface area contributed by atoms with Gasteiger partial charge in [0.25, 0.3) is 5.91 Å². The van der Waals surface area contributed by atoms with Crippen LogP contribution in [0.5, 0.6) is 5.75 Å². The lowest BCUT2D eigenvalue weighted by atomic mass is 10.1. The lowest BCUT2D eigenvalue weighted by Gasteiger charge is -2.26. The van der Waals surface area contributed by atoms with E-state index in [4.69, 9.17) is 25.5 Å². The third kappa shape index (κ3) is 4.63. The van der Waals surface area contributed by atoms with Crippen LogP contribution in [0.15, 0.2) is 21.3 Å². The third-order valence-electron chi connectivity index (χ3n) is 5.75. The Labute approximate surface area is 180 Å². The van der Waals surface area contributed by atoms with Gasteiger partial charge in [0.2, 0.25) is 0 Å². The van der Waals surface area contributed by atoms with Gasteiger partial charge in [-0.15, -0.1) is 0 Å². The minimum atomic E-state index is -0.718. The number of carbonyl (C=O) groups excluding carboxylic acids is 1. The monoisotopic (exact) mass is 434 g/mol. The second-order valence-corrected chi connectivity index (χ2v) is 8.24. The van der Waals surface area contributed by atoms with E-state index >= 15 is 0 Å². The molecule has 0 unspecified atom stereocenters. The number of nitrogens with zero attached hydrogens (tertiary/aromatic N) is 1. The molecule has 4 rings (SSSR count). The maximum absolute atomic E-state index is 12.4. The van der Waals surface area contributed by atoms with Gasteiger partial charge in [0.1, 0.15) is 11.3 Å². The molecule has 0 saturated carbocycles. The molecule has 7 nitrogen and oxygen atoms in total. The Balaban J connectivity index is 1.36. The highest BCUT2D eigenvalue weighted by Crippen LogP contribution is 2.35. The van der Waals surface area contributed by atoms with Crippen molar-refractivity contribution in [2.75, 3.05) is 39.4 Å². The van der Waals surface area contributed by atoms with Crippen LogP contribution in [0.2, 0.25) is 5.02 Å². The number of morpholine rings is 1. The van der Waals surface area contributed by atoms with Crippen LogP contribution in [-0.4, -0.2) is 56.3 Å². The first-order valence-electron chi connectivity index (χ1n) is 10.6. The smallest absolute Gasteiger partial charge is 0.339 e. The summed E-state index contributed by atoms with van der Waals surface area (Å²) in [4.78, 5) is 26.9. The predicted octanol–water partition coefficient (Wildman–Crippen LogP) is 2.54. The molecule has 1 saturated heterocycles. The molecule has 1 N–H and O–H groups in total. The second kappa shape index (κ2) is 9.37. The molecule has 1 aromatic carbocycles. The zero-order valence-electron chi connectivity index (χ0n) is 17.2. The molecular weight excluding hydrogens is 408 g/mol. The van der Waals surface area contributed by atoms with Gasteiger partial charge in [0.15, 0.2) is 6.10 Å². The number of rotatable bonds is 7. The minimum absolute atomic E-state index is 0.205. The highest BCUT2D eigenvalue weighted by molar-refractivity contribution is 6.32. The van der Waals surface area contributed by atoms with E-state index in [-0.39, 0.29) is 11.5 Å². The van der Waals surface area contributed by atoms with Crippen LogP contribution >= 0.6 is 11.6 Å². The molecule has 2 aromatic rings. The van der Waals surface area contributed by atoms with Crippen molar-refractivity contribution in [1.82, 2.24) is 10.2 Å². The number of aryl methyl sites for hydroxylation is 1. The molecule has 1 amide bonds. The van der Waals surface area contributed by atoms with Crippen molar-refractivity contribution in [1.29, 1.82) is 0 Å². The van der Waals surface area contributed by atoms with E-state index in [9.17, 15) is 9.59 Å². The summed E-state index contributed by atoms with van der Waals surface area (Å²) in [6.07, 6.45) is 2.68. The van der Waals surface area contributed by atoms with Crippen LogP contribution in [-0.2, 0) is 22.4 Å². The van der Waals surface area contributed by atoms with Gasteiger partial charge in [-0.25, -0.2) is 4.79 Å². The second-order valence-electron chi connectivity index (χ2n) is 7.84. The van der Waals surface area contributed by atoms with E-state index in [1.807, 2.05) is 0 Å². The molecule has 1 atom stereocenters. The van der Waals surface area contributed by atoms with E-state index in [1.165, 1.54) is 0 Å². The number of hydrogen-bond donors (Lipinski definition) is 1. The number of carbonyl (C=O) groups is 1. The average Bonchev–Trinajstić information content (AvgIpc) is 3.24. The summed E-state index contributed by atoms with van der Waals surface area (Å²) in [7, 11) is 0. The van der Waals surface area contributed by atoms with Crippen molar-refractivity contribution in [2.24, 2.45) is 0 Å². The fourth-order valence-corrected chi connectivity index (χ4v) is 4.31. The lowest BCUT2D eigenvalue weighted by Crippen LogP contribution is -2.40. The van der Waals surface area contributed by atoms with Gasteiger partial charge in [-0.1, -0.05) is 11.6 Å². The van der Waals surface area contributed by atoms with Crippen molar-refractivity contribution in [3.8, 4) is 5.75 Å². The van der Waals surface area contributed by atoms with Crippen molar-refractivity contribution < 1.29 is 18.7 Å². The maximum atomic E-state index is 12.4. The number of fused-ring (bicyclic) bond motifs is 3. The summed E-state index contributed by atoms with van der Waals surface area (Å²) in [5.74, 6) is 0.129. The Hall–Kier alpha value is -2.09. The number of amides is 1. The summed E-state index contributed by atoms with van der Waals surface area (Å²) in [5, 5.41) is 4.15. The van der Waals surface area contributed by atoms with Gasteiger partial charge in [-0.3, -0.25) is 9.69 Å². The zero-order valence-corrected chi connectivity index (χ0v) is 17.9. The van der Waals surface area contributed by atoms with E-state index in [0.29, 0.717) is 22.9 Å². The molecular formula is C22H27ClN2O5. The van der Waals surface area contributed by atoms with Crippen molar-refractivity contribution in [3.63, 3.8) is 0 Å². The van der Waals surface area contributed by atoms with Crippen LogP contribution in [0.4, 0.5) is 0 Å². The van der Waals surface area contributed by atoms with Crippen LogP contribution in [0, 0.1) is 0 Å². The predicted molar refractivity (Wildman–Crippen MR) is 114 cm³/mol. The molecule has 8 heteroatoms. The molecule has 30 heavy (non-hydrogen) atoms. The quantitative estimate of drug-likeness (QED) is 0.532. The summed E-state index contributed by atoms with van der Waals surface area (Å²) < 4.78 is 16.6. The molecule has 0 spiro atoms. The Morgan fingerprint density at radius 2 is 2.03 bits per heavy atom. The van der Waals surface area contributed by atoms with Gasteiger partial charge >= 0.3 is 5.63 Å². The molecule has 1 aromatic heterocycles. The van der Waals surface area contributed by atoms with E-state index < -0.39 is 6.10 Å². The maximum Gasteiger partial charge on any atom is 0.339 e. The molecule has 1 aliphatic carbocycles. The first-order chi connectivity index (χ1) is 14.5. The summed E-state index contributed by atoms with van der Waals surface area (Å²) in [5.41, 5.74) is 1.91. The van der Waals surface area contributed by atoms with E-state index in [0.717, 1.165) is 75.0 Å². The normalized spacial score (nSPS) is 17.7. The molecule has 0 bridgehead atoms. The number of hydrogen-bond acceptors (Lipinski definition) is 6. The fraction of sp³-hybridized carbons (Fsp3) is 0.545. The molecule has 162 valence electrons. The van der Waals surface area contributed by atoms with Crippen molar-refractivity contribution >= 4 is 28.5 Å². The molecule has 1 fully saturated rings. The van der Waals surface area contributed by atoms with Crippen LogP contribution in [0.3, 0.4) is 0 Å². The van der Waals surface area contributed by atoms with E-state index in [2.05, 4.69) is 10.2 Å². The van der Waals surface area contributed by atoms with Crippen molar-refractivity contribution in [2.45, 2.75) is 38.7 Å². The summed E-state index contributed by atoms with van der Waals surface area (Å²) in [6.45, 7) is 6.60. The van der Waals surface area contributed by atoms with Crippen molar-refractivity contribution in [3.05, 3.63) is 38.7 Å². The first-order valence-corrected chi connectivity index (χ1v) is 10.9. The Bertz CT molecular complexity index is 984. The fourth-order valence-electron chi connectivity index (χ4n) is 4.10. The van der Waals surface area contributed by atoms with Crippen LogP contribution < -0.4 is 15.7 Å². The average molecular weight is 435 g/mol. The largest absolute Gasteiger partial charge is 0.479 e. The summed E-state index contributed by atoms with van der Waals surface area (Å²) in [6, 6.07) is 3.38. The first kappa shape index (κ1) is 21.2. The number of benzene rings is 1. The molecule has 1 aliphatic heterocycles. The van der Waals surface area contributed by atoms with E-state index in [1.54, 1.807) is 19.1 Å². The minimum Gasteiger partial charge on any atom is -0.479 e. The van der Waals surface area contributed by atoms with Crippen LogP contribution in [0.25, 0.3) is 11.0 Å². The SMILES string of the molecule is C[C@@H](Oc1cc2oc(=O)c3c(c2cc1Cl)CCC3)C(=O)NCCCN1CCOCC1. The van der Waals surface area contributed by atoms with Crippen LogP contribution in [0.1, 0.15) is 30.9 Å². The van der Waals surface area contributed by atoms with Gasteiger partial charge in [0, 0.05) is 36.7 Å². The number of nitrogens with one attached hydrogen (secondary N) is 1. The standard InChI is InChI=1S/C22H27ClN2O5/c1-14(21(26)24-6-3-7-25-8-10-28-11-9-25)29-20-13-19-17(12-18(20)23)15-4-2-5-16(15)22(27)30-19/h12-14H,2-11H2,1H3,(H,24,26)/t14-/m1/s1. The molecule has 2 aliphatic rings. The van der Waals surface area contributed by atoms with Gasteiger partial charge in [-0.05, 0) is 50.8 Å². The highest BCUT2D eigenvalue weighted by atomic mass is 35.5. The number of halogens is 1. The van der Waals surface area contributed by atoms with Gasteiger partial charge < -0.3 is 19.2 Å². The highest BCUT2D eigenvalue weighted by Gasteiger charge is 2.22. The third-order valence-corrected chi connectivity index (χ3v) is 6.05. The lowest BCUT2D eigenvalue weighted by molar-refractivity contribution is -0.127. The zero-order chi connectivity index (χ0) is 21.1. The molecule has 2 heterocycles. The molecule has 0 radical (unpaired) electrons. The Morgan fingerprint density at radius 1 is 1.27 bits per heavy atom. The summed E-state index contributed by atoms with van der Waals surface area (Å²) >= 11 is 6.41.